The summed E-state index contributed by atoms with van der Waals surface area (Å²) in [7, 11) is 0. The first kappa shape index (κ1) is 21.0. The molecule has 2 N–H and O–H groups in total. The van der Waals surface area contributed by atoms with Crippen LogP contribution in [-0.4, -0.2) is 35.8 Å². The van der Waals surface area contributed by atoms with Gasteiger partial charge in [0.1, 0.15) is 17.7 Å². The molecule has 1 saturated carbocycles. The molecule has 1 aliphatic carbocycles. The summed E-state index contributed by atoms with van der Waals surface area (Å²) >= 11 is 0. The standard InChI is InChI=1S/C26H23N7O2/c1-17-9-12-32-21(14-27-23(32)13-17)25(35)31-26(10-2-11-26)19-4-6-20(7-5-19)30-24(34)18-3-8-22-28-16-29-33(22)15-18/h3-9,12-16H,2,10-11H2,1H3,(H,30,34)(H,31,35). The van der Waals surface area contributed by atoms with Crippen molar-refractivity contribution in [3.8, 4) is 0 Å². The minimum Gasteiger partial charge on any atom is -0.341 e. The average Bonchev–Trinajstić information content (AvgIpc) is 3.48. The third-order valence-corrected chi connectivity index (χ3v) is 6.69. The Morgan fingerprint density at radius 1 is 0.971 bits per heavy atom. The summed E-state index contributed by atoms with van der Waals surface area (Å²) in [6, 6.07) is 15.0. The van der Waals surface area contributed by atoms with Gasteiger partial charge in [0.15, 0.2) is 5.65 Å². The summed E-state index contributed by atoms with van der Waals surface area (Å²) < 4.78 is 3.37. The zero-order chi connectivity index (χ0) is 24.0. The molecule has 9 heteroatoms. The number of hydrogen-bond donors (Lipinski definition) is 2. The van der Waals surface area contributed by atoms with E-state index in [1.54, 1.807) is 29.0 Å². The lowest BCUT2D eigenvalue weighted by Gasteiger charge is -2.43. The Morgan fingerprint density at radius 2 is 1.80 bits per heavy atom. The smallest absolute Gasteiger partial charge is 0.270 e. The van der Waals surface area contributed by atoms with Crippen molar-refractivity contribution in [1.82, 2.24) is 29.3 Å². The van der Waals surface area contributed by atoms with Crippen LogP contribution in [-0.2, 0) is 5.54 Å². The highest BCUT2D eigenvalue weighted by molar-refractivity contribution is 6.04. The quantitative estimate of drug-likeness (QED) is 0.411. The van der Waals surface area contributed by atoms with Crippen LogP contribution in [0.1, 0.15) is 51.2 Å². The SMILES string of the molecule is Cc1ccn2c(C(=O)NC3(c4ccc(NC(=O)c5ccc6ncnn6c5)cc4)CCC3)cnc2c1. The van der Waals surface area contributed by atoms with Gasteiger partial charge in [-0.25, -0.2) is 14.5 Å². The topological polar surface area (TPSA) is 106 Å². The molecule has 4 heterocycles. The van der Waals surface area contributed by atoms with Gasteiger partial charge in [-0.2, -0.15) is 5.10 Å². The predicted octanol–water partition coefficient (Wildman–Crippen LogP) is 3.75. The molecular weight excluding hydrogens is 442 g/mol. The van der Waals surface area contributed by atoms with E-state index in [1.807, 2.05) is 53.9 Å². The Morgan fingerprint density at radius 3 is 2.57 bits per heavy atom. The summed E-state index contributed by atoms with van der Waals surface area (Å²) in [5.41, 5.74) is 4.79. The molecule has 1 aliphatic rings. The molecule has 5 aromatic rings. The number of fused-ring (bicyclic) bond motifs is 2. The molecule has 0 saturated heterocycles. The average molecular weight is 466 g/mol. The summed E-state index contributed by atoms with van der Waals surface area (Å²) in [4.78, 5) is 34.4. The predicted molar refractivity (Wildman–Crippen MR) is 130 cm³/mol. The molecule has 1 fully saturated rings. The van der Waals surface area contributed by atoms with E-state index in [-0.39, 0.29) is 11.8 Å². The highest BCUT2D eigenvalue weighted by Gasteiger charge is 2.40. The van der Waals surface area contributed by atoms with Gasteiger partial charge < -0.3 is 10.6 Å². The van der Waals surface area contributed by atoms with Crippen molar-refractivity contribution in [2.24, 2.45) is 0 Å². The molecule has 0 atom stereocenters. The number of imidazole rings is 1. The first-order valence-corrected chi connectivity index (χ1v) is 11.5. The molecule has 0 bridgehead atoms. The second kappa shape index (κ2) is 8.05. The number of carbonyl (C=O) groups is 2. The van der Waals surface area contributed by atoms with Crippen molar-refractivity contribution >= 4 is 28.8 Å². The Labute approximate surface area is 200 Å². The number of rotatable bonds is 5. The van der Waals surface area contributed by atoms with Crippen LogP contribution in [0.3, 0.4) is 0 Å². The maximum Gasteiger partial charge on any atom is 0.270 e. The highest BCUT2D eigenvalue weighted by atomic mass is 16.2. The number of aryl methyl sites for hydroxylation is 1. The summed E-state index contributed by atoms with van der Waals surface area (Å²) in [6.07, 6.45) is 9.34. The van der Waals surface area contributed by atoms with E-state index < -0.39 is 5.54 Å². The monoisotopic (exact) mass is 465 g/mol. The number of anilines is 1. The van der Waals surface area contributed by atoms with E-state index in [4.69, 9.17) is 0 Å². The summed E-state index contributed by atoms with van der Waals surface area (Å²) in [6.45, 7) is 2.00. The largest absolute Gasteiger partial charge is 0.341 e. The number of nitrogens with zero attached hydrogens (tertiary/aromatic N) is 5. The van der Waals surface area contributed by atoms with E-state index in [1.165, 1.54) is 6.33 Å². The van der Waals surface area contributed by atoms with Crippen LogP contribution >= 0.6 is 0 Å². The maximum atomic E-state index is 13.2. The number of amides is 2. The van der Waals surface area contributed by atoms with E-state index in [9.17, 15) is 9.59 Å². The number of nitrogens with one attached hydrogen (secondary N) is 2. The van der Waals surface area contributed by atoms with Crippen LogP contribution in [0.5, 0.6) is 0 Å². The third kappa shape index (κ3) is 3.71. The Hall–Kier alpha value is -4.53. The molecular formula is C26H23N7O2. The lowest BCUT2D eigenvalue weighted by Crippen LogP contribution is -2.51. The Kier molecular flexibility index (Phi) is 4.84. The minimum absolute atomic E-state index is 0.151. The molecule has 4 aromatic heterocycles. The zero-order valence-electron chi connectivity index (χ0n) is 19.1. The van der Waals surface area contributed by atoms with Crippen LogP contribution in [0.4, 0.5) is 5.69 Å². The summed E-state index contributed by atoms with van der Waals surface area (Å²) in [5.74, 6) is -0.383. The summed E-state index contributed by atoms with van der Waals surface area (Å²) in [5, 5.41) is 10.2. The molecule has 0 unspecified atom stereocenters. The number of carbonyl (C=O) groups excluding carboxylic acids is 2. The van der Waals surface area contributed by atoms with Crippen molar-refractivity contribution in [2.75, 3.05) is 5.32 Å². The van der Waals surface area contributed by atoms with Gasteiger partial charge >= 0.3 is 0 Å². The van der Waals surface area contributed by atoms with Crippen LogP contribution in [0.25, 0.3) is 11.3 Å². The first-order chi connectivity index (χ1) is 17.0. The second-order valence-electron chi connectivity index (χ2n) is 8.98. The lowest BCUT2D eigenvalue weighted by atomic mass is 9.71. The van der Waals surface area contributed by atoms with Gasteiger partial charge in [-0.15, -0.1) is 0 Å². The van der Waals surface area contributed by atoms with E-state index >= 15 is 0 Å². The minimum atomic E-state index is -0.424. The van der Waals surface area contributed by atoms with Crippen LogP contribution in [0.2, 0.25) is 0 Å². The molecule has 2 amide bonds. The van der Waals surface area contributed by atoms with Crippen molar-refractivity contribution in [2.45, 2.75) is 31.7 Å². The molecule has 35 heavy (non-hydrogen) atoms. The molecule has 0 spiro atoms. The molecule has 9 nitrogen and oxygen atoms in total. The van der Waals surface area contributed by atoms with Crippen molar-refractivity contribution < 1.29 is 9.59 Å². The fourth-order valence-electron chi connectivity index (χ4n) is 4.58. The first-order valence-electron chi connectivity index (χ1n) is 11.5. The fourth-order valence-corrected chi connectivity index (χ4v) is 4.58. The lowest BCUT2D eigenvalue weighted by molar-refractivity contribution is 0.0817. The normalized spacial score (nSPS) is 14.5. The molecule has 174 valence electrons. The van der Waals surface area contributed by atoms with Gasteiger partial charge in [0, 0.05) is 18.1 Å². The van der Waals surface area contributed by atoms with Crippen LogP contribution in [0.15, 0.2) is 73.4 Å². The third-order valence-electron chi connectivity index (χ3n) is 6.69. The zero-order valence-corrected chi connectivity index (χ0v) is 19.1. The van der Waals surface area contributed by atoms with Gasteiger partial charge in [-0.3, -0.25) is 14.0 Å². The van der Waals surface area contributed by atoms with Gasteiger partial charge in [-0.1, -0.05) is 12.1 Å². The van der Waals surface area contributed by atoms with E-state index in [0.717, 1.165) is 36.0 Å². The number of pyridine rings is 2. The second-order valence-corrected chi connectivity index (χ2v) is 8.98. The molecule has 6 rings (SSSR count). The van der Waals surface area contributed by atoms with Crippen molar-refractivity contribution in [3.63, 3.8) is 0 Å². The Balaban J connectivity index is 1.19. The van der Waals surface area contributed by atoms with Crippen molar-refractivity contribution in [1.29, 1.82) is 0 Å². The van der Waals surface area contributed by atoms with Crippen LogP contribution in [0, 0.1) is 6.92 Å². The van der Waals surface area contributed by atoms with Crippen molar-refractivity contribution in [3.05, 3.63) is 95.8 Å². The van der Waals surface area contributed by atoms with E-state index in [0.29, 0.717) is 22.6 Å². The fraction of sp³-hybridized carbons (Fsp3) is 0.192. The van der Waals surface area contributed by atoms with Gasteiger partial charge in [0.2, 0.25) is 0 Å². The van der Waals surface area contributed by atoms with E-state index in [2.05, 4.69) is 25.7 Å². The number of hydrogen-bond acceptors (Lipinski definition) is 5. The number of aromatic nitrogens is 5. The van der Waals surface area contributed by atoms with Crippen LogP contribution < -0.4 is 10.6 Å². The Bertz CT molecular complexity index is 1580. The van der Waals surface area contributed by atoms with Gasteiger partial charge in [0.25, 0.3) is 11.8 Å². The number of benzene rings is 1. The highest BCUT2D eigenvalue weighted by Crippen LogP contribution is 2.41. The van der Waals surface area contributed by atoms with Gasteiger partial charge in [0.05, 0.1) is 17.3 Å². The maximum absolute atomic E-state index is 13.2. The molecule has 0 aliphatic heterocycles. The molecule has 1 aromatic carbocycles. The molecule has 0 radical (unpaired) electrons. The van der Waals surface area contributed by atoms with Gasteiger partial charge in [-0.05, 0) is 73.7 Å².